The number of anilines is 3. The fourth-order valence-corrected chi connectivity index (χ4v) is 5.16. The Kier molecular flexibility index (Phi) is 8.26. The van der Waals surface area contributed by atoms with Gasteiger partial charge in [-0.2, -0.15) is 0 Å². The molecule has 0 radical (unpaired) electrons. The summed E-state index contributed by atoms with van der Waals surface area (Å²) in [7, 11) is 3.00. The molecule has 0 atom stereocenters. The van der Waals surface area contributed by atoms with E-state index in [0.717, 1.165) is 22.2 Å². The summed E-state index contributed by atoms with van der Waals surface area (Å²) >= 11 is 1.11. The Labute approximate surface area is 246 Å². The predicted octanol–water partition coefficient (Wildman–Crippen LogP) is 6.39. The molecule has 2 N–H and O–H groups in total. The van der Waals surface area contributed by atoms with Crippen LogP contribution in [0.3, 0.4) is 0 Å². The van der Waals surface area contributed by atoms with Crippen molar-refractivity contribution in [2.45, 2.75) is 11.8 Å². The van der Waals surface area contributed by atoms with E-state index >= 15 is 0 Å². The van der Waals surface area contributed by atoms with Crippen LogP contribution in [0.4, 0.5) is 21.5 Å². The van der Waals surface area contributed by atoms with E-state index in [-0.39, 0.29) is 16.5 Å². The molecule has 1 aliphatic rings. The van der Waals surface area contributed by atoms with Crippen molar-refractivity contribution in [3.8, 4) is 11.5 Å². The first kappa shape index (κ1) is 28.4. The Bertz CT molecular complexity index is 1690. The number of imide groups is 1. The molecule has 42 heavy (non-hydrogen) atoms. The lowest BCUT2D eigenvalue weighted by molar-refractivity contribution is -0.120. The van der Waals surface area contributed by atoms with Crippen molar-refractivity contribution < 1.29 is 28.2 Å². The molecule has 10 heteroatoms. The van der Waals surface area contributed by atoms with Gasteiger partial charge in [-0.15, -0.1) is 0 Å². The molecule has 1 heterocycles. The number of thioether (sulfide) groups is 1. The van der Waals surface area contributed by atoms with Crippen molar-refractivity contribution in [3.63, 3.8) is 0 Å². The topological polar surface area (TPSA) is 97.0 Å². The van der Waals surface area contributed by atoms with Gasteiger partial charge in [-0.3, -0.25) is 14.4 Å². The molecule has 5 rings (SSSR count). The van der Waals surface area contributed by atoms with E-state index in [9.17, 15) is 18.8 Å². The highest BCUT2D eigenvalue weighted by molar-refractivity contribution is 8.04. The fourth-order valence-electron chi connectivity index (χ4n) is 4.23. The van der Waals surface area contributed by atoms with E-state index in [2.05, 4.69) is 10.6 Å². The van der Waals surface area contributed by atoms with E-state index in [1.54, 1.807) is 54.6 Å². The Hall–Kier alpha value is -5.09. The lowest BCUT2D eigenvalue weighted by Gasteiger charge is -2.15. The second-order valence-electron chi connectivity index (χ2n) is 9.26. The number of nitrogens with one attached hydrogen (secondary N) is 2. The summed E-state index contributed by atoms with van der Waals surface area (Å²) in [6, 6.07) is 24.4. The number of methoxy groups -OCH3 is 2. The summed E-state index contributed by atoms with van der Waals surface area (Å²) in [5.41, 5.74) is 2.84. The van der Waals surface area contributed by atoms with Crippen molar-refractivity contribution in [1.82, 2.24) is 0 Å². The van der Waals surface area contributed by atoms with Crippen LogP contribution in [0.2, 0.25) is 0 Å². The van der Waals surface area contributed by atoms with Crippen LogP contribution in [0.5, 0.6) is 11.5 Å². The predicted molar refractivity (Wildman–Crippen MR) is 161 cm³/mol. The summed E-state index contributed by atoms with van der Waals surface area (Å²) in [4.78, 5) is 42.0. The second-order valence-corrected chi connectivity index (χ2v) is 10.3. The maximum atomic E-state index is 13.6. The smallest absolute Gasteiger partial charge is 0.283 e. The highest BCUT2D eigenvalue weighted by atomic mass is 32.2. The third kappa shape index (κ3) is 5.98. The maximum absolute atomic E-state index is 13.6. The number of carbonyl (C=O) groups excluding carboxylic acids is 3. The number of hydrogen-bond acceptors (Lipinski definition) is 7. The maximum Gasteiger partial charge on any atom is 0.283 e. The summed E-state index contributed by atoms with van der Waals surface area (Å²) in [5, 5.41) is 5.84. The quantitative estimate of drug-likeness (QED) is 0.220. The molecule has 0 saturated heterocycles. The van der Waals surface area contributed by atoms with E-state index in [0.29, 0.717) is 39.0 Å². The van der Waals surface area contributed by atoms with Crippen LogP contribution in [0, 0.1) is 12.7 Å². The first-order valence-corrected chi connectivity index (χ1v) is 13.6. The van der Waals surface area contributed by atoms with E-state index in [4.69, 9.17) is 9.47 Å². The van der Waals surface area contributed by atoms with Crippen molar-refractivity contribution in [1.29, 1.82) is 0 Å². The number of benzene rings is 4. The molecule has 212 valence electrons. The van der Waals surface area contributed by atoms with Crippen molar-refractivity contribution >= 4 is 46.5 Å². The third-order valence-electron chi connectivity index (χ3n) is 6.43. The molecule has 0 bridgehead atoms. The monoisotopic (exact) mass is 583 g/mol. The Balaban J connectivity index is 1.39. The van der Waals surface area contributed by atoms with Gasteiger partial charge in [0.2, 0.25) is 0 Å². The molecule has 3 amide bonds. The van der Waals surface area contributed by atoms with Gasteiger partial charge in [0.1, 0.15) is 27.9 Å². The number of halogens is 1. The second kappa shape index (κ2) is 12.2. The van der Waals surface area contributed by atoms with Crippen molar-refractivity contribution in [2.24, 2.45) is 0 Å². The molecule has 8 nitrogen and oxygen atoms in total. The number of aryl methyl sites for hydroxylation is 1. The van der Waals surface area contributed by atoms with Crippen LogP contribution in [-0.4, -0.2) is 31.9 Å². The minimum atomic E-state index is -0.520. The molecule has 4 aromatic carbocycles. The average Bonchev–Trinajstić information content (AvgIpc) is 3.23. The number of hydrogen-bond donors (Lipinski definition) is 2. The van der Waals surface area contributed by atoms with Crippen LogP contribution in [0.1, 0.15) is 15.9 Å². The summed E-state index contributed by atoms with van der Waals surface area (Å²) in [5.74, 6) is -0.857. The Morgan fingerprint density at radius 3 is 2.12 bits per heavy atom. The summed E-state index contributed by atoms with van der Waals surface area (Å²) < 4.78 is 24.0. The van der Waals surface area contributed by atoms with E-state index in [1.807, 2.05) is 19.1 Å². The largest absolute Gasteiger partial charge is 0.497 e. The van der Waals surface area contributed by atoms with Gasteiger partial charge in [0.25, 0.3) is 17.7 Å². The first-order chi connectivity index (χ1) is 20.3. The van der Waals surface area contributed by atoms with Crippen LogP contribution >= 0.6 is 11.8 Å². The van der Waals surface area contributed by atoms with Gasteiger partial charge in [0, 0.05) is 22.3 Å². The lowest BCUT2D eigenvalue weighted by atomic mass is 10.1. The third-order valence-corrected chi connectivity index (χ3v) is 7.52. The highest BCUT2D eigenvalue weighted by Crippen LogP contribution is 2.38. The van der Waals surface area contributed by atoms with Crippen LogP contribution in [-0.2, 0) is 9.59 Å². The molecule has 0 unspecified atom stereocenters. The van der Waals surface area contributed by atoms with Crippen molar-refractivity contribution in [3.05, 3.63) is 119 Å². The molecule has 0 saturated carbocycles. The highest BCUT2D eigenvalue weighted by Gasteiger charge is 2.40. The van der Waals surface area contributed by atoms with Crippen LogP contribution < -0.4 is 25.0 Å². The number of carbonyl (C=O) groups is 3. The number of rotatable bonds is 9. The molecular formula is C32H26FN3O5S. The molecule has 1 aliphatic heterocycles. The standard InChI is InChI=1S/C32H26FN3O5S/c1-19-4-12-23(13-5-19)36-31(38)28(34-21-8-6-20(33)7-9-21)29(32(36)39)42-25-15-10-22(11-16-25)35-30(37)26-17-14-24(40-2)18-27(26)41-3/h4-18,34H,1-3H3,(H,35,37). The van der Waals surface area contributed by atoms with Gasteiger partial charge >= 0.3 is 0 Å². The minimum absolute atomic E-state index is 0.0844. The average molecular weight is 584 g/mol. The Morgan fingerprint density at radius 2 is 1.48 bits per heavy atom. The van der Waals surface area contributed by atoms with Gasteiger partial charge in [-0.05, 0) is 79.7 Å². The Morgan fingerprint density at radius 1 is 0.810 bits per heavy atom. The van der Waals surface area contributed by atoms with E-state index < -0.39 is 17.6 Å². The zero-order valence-corrected chi connectivity index (χ0v) is 23.8. The van der Waals surface area contributed by atoms with E-state index in [1.165, 1.54) is 38.5 Å². The lowest BCUT2D eigenvalue weighted by Crippen LogP contribution is -2.32. The first-order valence-electron chi connectivity index (χ1n) is 12.8. The summed E-state index contributed by atoms with van der Waals surface area (Å²) in [6.07, 6.45) is 0. The number of nitrogens with zero attached hydrogens (tertiary/aromatic N) is 1. The molecule has 0 fully saturated rings. The van der Waals surface area contributed by atoms with Crippen LogP contribution in [0.15, 0.2) is 106 Å². The zero-order valence-electron chi connectivity index (χ0n) is 22.9. The van der Waals surface area contributed by atoms with Gasteiger partial charge in [0.05, 0.1) is 25.5 Å². The molecule has 0 spiro atoms. The fraction of sp³-hybridized carbons (Fsp3) is 0.0938. The van der Waals surface area contributed by atoms with Gasteiger partial charge in [-0.1, -0.05) is 29.5 Å². The molecular weight excluding hydrogens is 557 g/mol. The normalized spacial score (nSPS) is 12.9. The van der Waals surface area contributed by atoms with Gasteiger partial charge < -0.3 is 20.1 Å². The van der Waals surface area contributed by atoms with Crippen LogP contribution in [0.25, 0.3) is 0 Å². The minimum Gasteiger partial charge on any atom is -0.497 e. The number of ether oxygens (including phenoxy) is 2. The summed E-state index contributed by atoms with van der Waals surface area (Å²) in [6.45, 7) is 1.91. The molecule has 0 aromatic heterocycles. The molecule has 4 aromatic rings. The van der Waals surface area contributed by atoms with Crippen molar-refractivity contribution in [2.75, 3.05) is 29.8 Å². The van der Waals surface area contributed by atoms with Gasteiger partial charge in [0.15, 0.2) is 0 Å². The SMILES string of the molecule is COc1ccc(C(=O)Nc2ccc(SC3=C(Nc4ccc(F)cc4)C(=O)N(c4ccc(C)cc4)C3=O)cc2)c(OC)c1. The number of amides is 3. The zero-order chi connectivity index (χ0) is 29.8. The molecule has 0 aliphatic carbocycles. The van der Waals surface area contributed by atoms with Gasteiger partial charge in [-0.25, -0.2) is 9.29 Å².